The fourth-order valence-corrected chi connectivity index (χ4v) is 2.95. The number of benzene rings is 1. The number of hydrogen-bond acceptors (Lipinski definition) is 3. The Labute approximate surface area is 117 Å². The van der Waals surface area contributed by atoms with E-state index >= 15 is 0 Å². The van der Waals surface area contributed by atoms with Crippen molar-refractivity contribution < 1.29 is 9.94 Å². The molecule has 2 rings (SSSR count). The first-order valence-electron chi connectivity index (χ1n) is 6.34. The monoisotopic (exact) mass is 313 g/mol. The molecular weight excluding hydrogens is 294 g/mol. The molecule has 0 saturated heterocycles. The molecular formula is C14H20BrNO2. The summed E-state index contributed by atoms with van der Waals surface area (Å²) < 4.78 is 1.05. The standard InChI is InChI=1S/C14H20BrNO2/c1-16(18-2)14(17)13(10-5-3-6-10)11-7-4-8-12(15)9-11/h4,7-10,13-14,17H,3,5-6H2,1-2H3. The van der Waals surface area contributed by atoms with Gasteiger partial charge in [0.15, 0.2) is 0 Å². The van der Waals surface area contributed by atoms with Crippen LogP contribution in [0, 0.1) is 5.92 Å². The van der Waals surface area contributed by atoms with Crippen molar-refractivity contribution in [2.45, 2.75) is 31.4 Å². The second-order valence-corrected chi connectivity index (χ2v) is 5.83. The largest absolute Gasteiger partial charge is 0.376 e. The van der Waals surface area contributed by atoms with E-state index < -0.39 is 6.23 Å². The summed E-state index contributed by atoms with van der Waals surface area (Å²) in [5, 5.41) is 12.0. The lowest BCUT2D eigenvalue weighted by Crippen LogP contribution is -2.40. The minimum absolute atomic E-state index is 0.112. The average molecular weight is 314 g/mol. The third-order valence-corrected chi connectivity index (χ3v) is 4.37. The van der Waals surface area contributed by atoms with E-state index in [2.05, 4.69) is 28.1 Å². The average Bonchev–Trinajstić information content (AvgIpc) is 2.31. The molecule has 1 saturated carbocycles. The van der Waals surface area contributed by atoms with Crippen LogP contribution in [0.15, 0.2) is 28.7 Å². The molecule has 0 bridgehead atoms. The molecule has 18 heavy (non-hydrogen) atoms. The van der Waals surface area contributed by atoms with Crippen molar-refractivity contribution in [3.63, 3.8) is 0 Å². The van der Waals surface area contributed by atoms with Crippen molar-refractivity contribution in [2.24, 2.45) is 5.92 Å². The second kappa shape index (κ2) is 6.15. The predicted octanol–water partition coefficient (Wildman–Crippen LogP) is 3.14. The highest BCUT2D eigenvalue weighted by Crippen LogP contribution is 2.42. The summed E-state index contributed by atoms with van der Waals surface area (Å²) in [6, 6.07) is 8.20. The number of likely N-dealkylation sites (N-methyl/N-ethyl adjacent to an activating group) is 1. The molecule has 0 radical (unpaired) electrons. The van der Waals surface area contributed by atoms with Crippen molar-refractivity contribution >= 4 is 15.9 Å². The molecule has 0 aliphatic heterocycles. The minimum atomic E-state index is -0.602. The second-order valence-electron chi connectivity index (χ2n) is 4.91. The highest BCUT2D eigenvalue weighted by atomic mass is 79.9. The van der Waals surface area contributed by atoms with Crippen molar-refractivity contribution in [2.75, 3.05) is 14.2 Å². The van der Waals surface area contributed by atoms with Gasteiger partial charge >= 0.3 is 0 Å². The molecule has 1 fully saturated rings. The molecule has 0 amide bonds. The number of halogens is 1. The zero-order valence-corrected chi connectivity index (χ0v) is 12.4. The molecule has 3 nitrogen and oxygen atoms in total. The van der Waals surface area contributed by atoms with Crippen LogP contribution in [0.3, 0.4) is 0 Å². The van der Waals surface area contributed by atoms with Crippen LogP contribution in [0.2, 0.25) is 0 Å². The van der Waals surface area contributed by atoms with Crippen molar-refractivity contribution in [3.05, 3.63) is 34.3 Å². The van der Waals surface area contributed by atoms with E-state index in [1.165, 1.54) is 29.9 Å². The zero-order valence-electron chi connectivity index (χ0n) is 10.8. The highest BCUT2D eigenvalue weighted by molar-refractivity contribution is 9.10. The fraction of sp³-hybridized carbons (Fsp3) is 0.571. The lowest BCUT2D eigenvalue weighted by atomic mass is 9.72. The third-order valence-electron chi connectivity index (χ3n) is 3.87. The van der Waals surface area contributed by atoms with E-state index in [9.17, 15) is 5.11 Å². The van der Waals surface area contributed by atoms with Crippen LogP contribution in [-0.2, 0) is 4.84 Å². The molecule has 1 aromatic rings. The van der Waals surface area contributed by atoms with Crippen molar-refractivity contribution in [3.8, 4) is 0 Å². The summed E-state index contributed by atoms with van der Waals surface area (Å²) in [4.78, 5) is 5.14. The molecule has 4 heteroatoms. The molecule has 1 N–H and O–H groups in total. The summed E-state index contributed by atoms with van der Waals surface area (Å²) in [6.45, 7) is 0. The van der Waals surface area contributed by atoms with Crippen LogP contribution >= 0.6 is 15.9 Å². The Balaban J connectivity index is 2.24. The van der Waals surface area contributed by atoms with Gasteiger partial charge in [-0.15, -0.1) is 0 Å². The molecule has 2 atom stereocenters. The summed E-state index contributed by atoms with van der Waals surface area (Å²) in [5.41, 5.74) is 1.17. The molecule has 1 aliphatic carbocycles. The van der Waals surface area contributed by atoms with Crippen LogP contribution in [0.5, 0.6) is 0 Å². The number of rotatable bonds is 5. The van der Waals surface area contributed by atoms with Gasteiger partial charge in [-0.1, -0.05) is 34.5 Å². The summed E-state index contributed by atoms with van der Waals surface area (Å²) in [5.74, 6) is 0.660. The number of nitrogens with zero attached hydrogens (tertiary/aromatic N) is 1. The first-order chi connectivity index (χ1) is 8.63. The van der Waals surface area contributed by atoms with E-state index in [0.29, 0.717) is 5.92 Å². The van der Waals surface area contributed by atoms with Gasteiger partial charge in [0, 0.05) is 17.4 Å². The van der Waals surface area contributed by atoms with Gasteiger partial charge in [0.1, 0.15) is 6.23 Å². The zero-order chi connectivity index (χ0) is 13.1. The lowest BCUT2D eigenvalue weighted by molar-refractivity contribution is -0.217. The van der Waals surface area contributed by atoms with E-state index in [0.717, 1.165) is 4.47 Å². The van der Waals surface area contributed by atoms with Crippen LogP contribution in [0.4, 0.5) is 0 Å². The van der Waals surface area contributed by atoms with E-state index in [1.54, 1.807) is 14.2 Å². The first kappa shape index (κ1) is 14.0. The van der Waals surface area contributed by atoms with Crippen molar-refractivity contribution in [1.82, 2.24) is 5.06 Å². The topological polar surface area (TPSA) is 32.7 Å². The number of hydroxylamine groups is 2. The van der Waals surface area contributed by atoms with Gasteiger partial charge in [-0.2, -0.15) is 5.06 Å². The summed E-state index contributed by atoms with van der Waals surface area (Å²) in [7, 11) is 3.36. The molecule has 0 heterocycles. The van der Waals surface area contributed by atoms with Gasteiger partial charge in [0.05, 0.1) is 7.11 Å². The Morgan fingerprint density at radius 2 is 2.17 bits per heavy atom. The van der Waals surface area contributed by atoms with Crippen LogP contribution in [0.1, 0.15) is 30.7 Å². The third kappa shape index (κ3) is 2.94. The van der Waals surface area contributed by atoms with E-state index in [1.807, 2.05) is 12.1 Å². The Morgan fingerprint density at radius 3 is 2.67 bits per heavy atom. The first-order valence-corrected chi connectivity index (χ1v) is 7.13. The summed E-state index contributed by atoms with van der Waals surface area (Å²) >= 11 is 3.50. The predicted molar refractivity (Wildman–Crippen MR) is 75.0 cm³/mol. The molecule has 100 valence electrons. The Bertz CT molecular complexity index is 395. The SMILES string of the molecule is CON(C)C(O)C(c1cccc(Br)c1)C1CCC1. The molecule has 1 aromatic carbocycles. The van der Waals surface area contributed by atoms with Gasteiger partial charge in [-0.05, 0) is 36.5 Å². The van der Waals surface area contributed by atoms with Gasteiger partial charge in [-0.25, -0.2) is 0 Å². The maximum atomic E-state index is 10.4. The Hall–Kier alpha value is -0.420. The number of aliphatic hydroxyl groups excluding tert-OH is 1. The minimum Gasteiger partial charge on any atom is -0.376 e. The smallest absolute Gasteiger partial charge is 0.136 e. The lowest BCUT2D eigenvalue weighted by Gasteiger charge is -2.39. The number of hydrogen-bond donors (Lipinski definition) is 1. The Morgan fingerprint density at radius 1 is 1.44 bits per heavy atom. The van der Waals surface area contributed by atoms with E-state index in [4.69, 9.17) is 4.84 Å². The Kier molecular flexibility index (Phi) is 4.78. The normalized spacial score (nSPS) is 19.6. The van der Waals surface area contributed by atoms with Crippen LogP contribution in [0.25, 0.3) is 0 Å². The quantitative estimate of drug-likeness (QED) is 0.669. The van der Waals surface area contributed by atoms with Crippen LogP contribution in [-0.4, -0.2) is 30.6 Å². The van der Waals surface area contributed by atoms with Crippen molar-refractivity contribution in [1.29, 1.82) is 0 Å². The molecule has 2 unspecified atom stereocenters. The molecule has 0 spiro atoms. The summed E-state index contributed by atoms with van der Waals surface area (Å²) in [6.07, 6.45) is 3.03. The molecule has 1 aliphatic rings. The van der Waals surface area contributed by atoms with Gasteiger partial charge in [-0.3, -0.25) is 0 Å². The maximum Gasteiger partial charge on any atom is 0.136 e. The van der Waals surface area contributed by atoms with Gasteiger partial charge in [0.25, 0.3) is 0 Å². The highest BCUT2D eigenvalue weighted by Gasteiger charge is 2.35. The van der Waals surface area contributed by atoms with Crippen LogP contribution < -0.4 is 0 Å². The maximum absolute atomic E-state index is 10.4. The number of aliphatic hydroxyl groups is 1. The fourth-order valence-electron chi connectivity index (χ4n) is 2.53. The van der Waals surface area contributed by atoms with Gasteiger partial charge < -0.3 is 9.94 Å². The van der Waals surface area contributed by atoms with Gasteiger partial charge in [0.2, 0.25) is 0 Å². The van der Waals surface area contributed by atoms with E-state index in [-0.39, 0.29) is 5.92 Å². The molecule has 0 aromatic heterocycles.